The Labute approximate surface area is 174 Å². The maximum absolute atomic E-state index is 11.1. The molecule has 0 amide bonds. The lowest BCUT2D eigenvalue weighted by atomic mass is 10.1. The minimum atomic E-state index is -0.00721. The number of rotatable bonds is 5. The van der Waals surface area contributed by atoms with Gasteiger partial charge in [0.05, 0.1) is 12.1 Å². The molecule has 0 spiro atoms. The number of halogens is 1. The van der Waals surface area contributed by atoms with Gasteiger partial charge in [-0.15, -0.1) is 0 Å². The molecule has 6 heteroatoms. The van der Waals surface area contributed by atoms with Crippen LogP contribution in [-0.2, 0) is 0 Å². The normalized spacial score (nSPS) is 11.5. The molecule has 0 saturated heterocycles. The van der Waals surface area contributed by atoms with E-state index >= 15 is 0 Å². The summed E-state index contributed by atoms with van der Waals surface area (Å²) < 4.78 is 6.97. The van der Waals surface area contributed by atoms with Crippen molar-refractivity contribution in [1.82, 2.24) is 0 Å². The van der Waals surface area contributed by atoms with E-state index in [9.17, 15) is 5.11 Å². The number of aliphatic hydroxyl groups is 1. The molecule has 3 rings (SSSR count). The molecule has 3 aromatic rings. The summed E-state index contributed by atoms with van der Waals surface area (Å²) >= 11 is 11.9. The van der Waals surface area contributed by atoms with E-state index in [-0.39, 0.29) is 5.76 Å². The van der Waals surface area contributed by atoms with E-state index in [0.717, 1.165) is 17.0 Å². The molecule has 0 aliphatic carbocycles. The van der Waals surface area contributed by atoms with Crippen molar-refractivity contribution >= 4 is 46.0 Å². The predicted molar refractivity (Wildman–Crippen MR) is 118 cm³/mol. The number of nitrogens with one attached hydrogen (secondary N) is 1. The predicted octanol–water partition coefficient (Wildman–Crippen LogP) is 5.27. The van der Waals surface area contributed by atoms with E-state index in [1.54, 1.807) is 23.8 Å². The number of thiocarbonyl (C=S) groups is 1. The molecule has 28 heavy (non-hydrogen) atoms. The summed E-state index contributed by atoms with van der Waals surface area (Å²) in [6.45, 7) is 1.97. The van der Waals surface area contributed by atoms with Gasteiger partial charge in [-0.2, -0.15) is 4.57 Å². The Morgan fingerprint density at radius 2 is 1.79 bits per heavy atom. The zero-order valence-electron chi connectivity index (χ0n) is 15.5. The number of aryl methyl sites for hydroxylation is 1. The molecule has 0 saturated carbocycles. The number of anilines is 1. The molecule has 0 atom stereocenters. The van der Waals surface area contributed by atoms with Gasteiger partial charge in [-0.1, -0.05) is 36.0 Å². The number of nitrogens with zero attached hydrogens (tertiary/aromatic N) is 1. The number of aliphatic hydroxyl groups excluding tert-OH is 1. The van der Waals surface area contributed by atoms with Gasteiger partial charge < -0.3 is 15.2 Å². The van der Waals surface area contributed by atoms with E-state index in [1.165, 1.54) is 0 Å². The summed E-state index contributed by atoms with van der Waals surface area (Å²) in [7, 11) is 1.62. The number of hydrogen-bond donors (Lipinski definition) is 2. The monoisotopic (exact) mass is 411 g/mol. The second-order valence-corrected chi connectivity index (χ2v) is 6.96. The number of benzene rings is 2. The van der Waals surface area contributed by atoms with Crippen molar-refractivity contribution < 1.29 is 14.4 Å². The van der Waals surface area contributed by atoms with Crippen molar-refractivity contribution in [1.29, 1.82) is 0 Å². The molecule has 2 aromatic carbocycles. The van der Waals surface area contributed by atoms with Gasteiger partial charge in [-0.05, 0) is 49.4 Å². The molecule has 1 heterocycles. The van der Waals surface area contributed by atoms with Crippen molar-refractivity contribution in [3.8, 4) is 5.75 Å². The van der Waals surface area contributed by atoms with Gasteiger partial charge in [0.2, 0.25) is 5.76 Å². The topological polar surface area (TPSA) is 45.4 Å². The van der Waals surface area contributed by atoms with Crippen LogP contribution in [0.25, 0.3) is 11.5 Å². The smallest absolute Gasteiger partial charge is 0.288 e. The van der Waals surface area contributed by atoms with Crippen LogP contribution in [0.1, 0.15) is 11.1 Å². The van der Waals surface area contributed by atoms with E-state index < -0.39 is 0 Å². The third kappa shape index (κ3) is 4.50. The van der Waals surface area contributed by atoms with Gasteiger partial charge in [-0.3, -0.25) is 0 Å². The van der Waals surface area contributed by atoms with Crippen LogP contribution in [0.4, 0.5) is 5.69 Å². The molecule has 0 bridgehead atoms. The van der Waals surface area contributed by atoms with Crippen molar-refractivity contribution in [2.75, 3.05) is 12.4 Å². The number of hydrogen-bond acceptors (Lipinski definition) is 3. The molecular formula is C22H20ClN2O2S+. The fourth-order valence-corrected chi connectivity index (χ4v) is 3.27. The summed E-state index contributed by atoms with van der Waals surface area (Å²) in [5.41, 5.74) is 2.75. The third-order valence-corrected chi connectivity index (χ3v) is 4.75. The highest BCUT2D eigenvalue weighted by Gasteiger charge is 2.25. The minimum absolute atomic E-state index is 0.00721. The lowest BCUT2D eigenvalue weighted by Gasteiger charge is -2.11. The Morgan fingerprint density at radius 3 is 2.43 bits per heavy atom. The molecule has 2 N–H and O–H groups in total. The average Bonchev–Trinajstić information content (AvgIpc) is 2.69. The molecule has 0 radical (unpaired) electrons. The van der Waals surface area contributed by atoms with Gasteiger partial charge in [0.1, 0.15) is 5.75 Å². The van der Waals surface area contributed by atoms with Gasteiger partial charge in [0, 0.05) is 22.9 Å². The van der Waals surface area contributed by atoms with Crippen molar-refractivity contribution in [2.24, 2.45) is 0 Å². The molecule has 0 aliphatic heterocycles. The first-order chi connectivity index (χ1) is 13.5. The van der Waals surface area contributed by atoms with Crippen molar-refractivity contribution in [3.05, 3.63) is 89.2 Å². The quantitative estimate of drug-likeness (QED) is 0.260. The van der Waals surface area contributed by atoms with E-state index in [4.69, 9.17) is 28.6 Å². The first kappa shape index (κ1) is 19.9. The number of aromatic nitrogens is 1. The van der Waals surface area contributed by atoms with Gasteiger partial charge >= 0.3 is 0 Å². The second kappa shape index (κ2) is 8.87. The summed E-state index contributed by atoms with van der Waals surface area (Å²) in [4.78, 5) is 0.359. The first-order valence-electron chi connectivity index (χ1n) is 8.61. The largest absolute Gasteiger partial charge is 0.502 e. The third-order valence-electron chi connectivity index (χ3n) is 4.12. The Bertz CT molecular complexity index is 1030. The van der Waals surface area contributed by atoms with Gasteiger partial charge in [0.15, 0.2) is 17.4 Å². The molecule has 0 unspecified atom stereocenters. The zero-order valence-corrected chi connectivity index (χ0v) is 17.1. The number of pyridine rings is 1. The van der Waals surface area contributed by atoms with Crippen molar-refractivity contribution in [3.63, 3.8) is 0 Å². The summed E-state index contributed by atoms with van der Waals surface area (Å²) in [5.74, 6) is 0.742. The van der Waals surface area contributed by atoms with Crippen LogP contribution in [0, 0.1) is 6.92 Å². The van der Waals surface area contributed by atoms with Crippen LogP contribution >= 0.6 is 23.8 Å². The maximum atomic E-state index is 11.1. The minimum Gasteiger partial charge on any atom is -0.502 e. The molecular weight excluding hydrogens is 392 g/mol. The summed E-state index contributed by atoms with van der Waals surface area (Å²) in [6, 6.07) is 18.4. The molecule has 142 valence electrons. The van der Waals surface area contributed by atoms with E-state index in [1.807, 2.05) is 67.8 Å². The summed E-state index contributed by atoms with van der Waals surface area (Å²) in [6.07, 6.45) is 3.72. The van der Waals surface area contributed by atoms with Crippen LogP contribution < -0.4 is 14.6 Å². The fraction of sp³-hybridized carbons (Fsp3) is 0.0909. The van der Waals surface area contributed by atoms with E-state index in [2.05, 4.69) is 5.32 Å². The number of methoxy groups -OCH3 is 1. The Kier molecular flexibility index (Phi) is 6.29. The highest BCUT2D eigenvalue weighted by molar-refractivity contribution is 7.81. The average molecular weight is 412 g/mol. The van der Waals surface area contributed by atoms with Crippen LogP contribution in [0.3, 0.4) is 0 Å². The first-order valence-corrected chi connectivity index (χ1v) is 9.40. The van der Waals surface area contributed by atoms with Gasteiger partial charge in [-0.25, -0.2) is 0 Å². The lowest BCUT2D eigenvalue weighted by molar-refractivity contribution is -0.576. The summed E-state index contributed by atoms with van der Waals surface area (Å²) in [5, 5.41) is 14.7. The number of ether oxygens (including phenoxy) is 1. The van der Waals surface area contributed by atoms with Gasteiger partial charge in [0.25, 0.3) is 5.70 Å². The molecule has 1 aromatic heterocycles. The Morgan fingerprint density at radius 1 is 1.07 bits per heavy atom. The maximum Gasteiger partial charge on any atom is 0.288 e. The molecule has 0 aliphatic rings. The highest BCUT2D eigenvalue weighted by atomic mass is 35.5. The fourth-order valence-electron chi connectivity index (χ4n) is 2.72. The van der Waals surface area contributed by atoms with E-state index in [0.29, 0.717) is 21.3 Å². The van der Waals surface area contributed by atoms with Crippen LogP contribution in [0.2, 0.25) is 5.02 Å². The van der Waals surface area contributed by atoms with Crippen molar-refractivity contribution in [2.45, 2.75) is 6.92 Å². The van der Waals surface area contributed by atoms with Crippen LogP contribution in [-0.4, -0.2) is 17.2 Å². The Balaban J connectivity index is 2.06. The standard InChI is InChI=1S/C22H19ClN2O2S/c1-15-6-5-13-25(14-15)20(21(26)18-7-3-4-8-19(18)23)22(28)24-16-9-11-17(27-2)12-10-16/h3-14H,1-2H3,(H-,24,26,28)/p+1. The van der Waals surface area contributed by atoms with Crippen LogP contribution in [0.15, 0.2) is 73.1 Å². The van der Waals surface area contributed by atoms with Crippen LogP contribution in [0.5, 0.6) is 5.75 Å². The highest BCUT2D eigenvalue weighted by Crippen LogP contribution is 2.26. The Hall–Kier alpha value is -2.89. The zero-order chi connectivity index (χ0) is 20.1. The SMILES string of the molecule is COc1ccc(NC(=S)C(=C(O)c2ccccc2Cl)[n+]2cccc(C)c2)cc1. The molecule has 4 nitrogen and oxygen atoms in total. The lowest BCUT2D eigenvalue weighted by Crippen LogP contribution is -2.38. The second-order valence-electron chi connectivity index (χ2n) is 6.15. The molecule has 0 fully saturated rings.